The molecule has 0 spiro atoms. The van der Waals surface area contributed by atoms with E-state index in [1.165, 1.54) is 0 Å². The Labute approximate surface area is 146 Å². The van der Waals surface area contributed by atoms with E-state index in [1.54, 1.807) is 0 Å². The molecule has 0 aromatic heterocycles. The minimum Gasteiger partial charge on any atom is -0.302 e. The van der Waals surface area contributed by atoms with Gasteiger partial charge in [0.15, 0.2) is 0 Å². The summed E-state index contributed by atoms with van der Waals surface area (Å²) in [5, 5.41) is 4.96. The van der Waals surface area contributed by atoms with E-state index in [0.717, 1.165) is 11.1 Å². The highest BCUT2D eigenvalue weighted by Gasteiger charge is 2.41. The smallest absolute Gasteiger partial charge is 0.142 e. The molecule has 0 saturated carbocycles. The van der Waals surface area contributed by atoms with Gasteiger partial charge in [0, 0.05) is 34.0 Å². The number of piperidine rings is 1. The van der Waals surface area contributed by atoms with E-state index in [0.29, 0.717) is 10.0 Å². The van der Waals surface area contributed by atoms with E-state index in [2.05, 4.69) is 5.32 Å². The van der Waals surface area contributed by atoms with Crippen LogP contribution in [0.5, 0.6) is 0 Å². The molecule has 0 bridgehead atoms. The zero-order valence-electron chi connectivity index (χ0n) is 13.1. The predicted molar refractivity (Wildman–Crippen MR) is 94.9 cm³/mol. The van der Waals surface area contributed by atoms with Crippen molar-refractivity contribution in [2.24, 2.45) is 11.8 Å². The lowest BCUT2D eigenvalue weighted by atomic mass is 9.76. The first-order valence-electron chi connectivity index (χ1n) is 7.79. The van der Waals surface area contributed by atoms with Crippen molar-refractivity contribution in [3.05, 3.63) is 69.7 Å². The van der Waals surface area contributed by atoms with Crippen molar-refractivity contribution < 1.29 is 4.79 Å². The molecule has 3 rings (SSSR count). The maximum atomic E-state index is 12.8. The van der Waals surface area contributed by atoms with Gasteiger partial charge in [0.2, 0.25) is 0 Å². The number of halogens is 2. The van der Waals surface area contributed by atoms with Crippen LogP contribution < -0.4 is 5.32 Å². The van der Waals surface area contributed by atoms with Crippen LogP contribution in [0.3, 0.4) is 0 Å². The Morgan fingerprint density at radius 2 is 1.17 bits per heavy atom. The Bertz CT molecular complexity index is 671. The Kier molecular flexibility index (Phi) is 4.77. The van der Waals surface area contributed by atoms with Crippen LogP contribution in [-0.4, -0.2) is 5.78 Å². The molecule has 23 heavy (non-hydrogen) atoms. The van der Waals surface area contributed by atoms with Crippen molar-refractivity contribution in [1.82, 2.24) is 5.32 Å². The number of benzene rings is 2. The summed E-state index contributed by atoms with van der Waals surface area (Å²) in [6, 6.07) is 15.1. The lowest BCUT2D eigenvalue weighted by molar-refractivity contribution is -0.130. The lowest BCUT2D eigenvalue weighted by Crippen LogP contribution is -2.46. The van der Waals surface area contributed by atoms with Crippen LogP contribution in [0.1, 0.15) is 37.1 Å². The van der Waals surface area contributed by atoms with E-state index in [9.17, 15) is 4.79 Å². The molecule has 2 nitrogen and oxygen atoms in total. The summed E-state index contributed by atoms with van der Waals surface area (Å²) >= 11 is 12.7. The number of carbonyl (C=O) groups is 1. The number of rotatable bonds is 2. The first-order valence-corrected chi connectivity index (χ1v) is 8.55. The fourth-order valence-electron chi connectivity index (χ4n) is 3.40. The molecule has 1 N–H and O–H groups in total. The third-order valence-corrected chi connectivity index (χ3v) is 5.43. The van der Waals surface area contributed by atoms with E-state index < -0.39 is 0 Å². The largest absolute Gasteiger partial charge is 0.302 e. The molecule has 0 unspecified atom stereocenters. The van der Waals surface area contributed by atoms with Crippen molar-refractivity contribution in [2.75, 3.05) is 0 Å². The van der Waals surface area contributed by atoms with Crippen LogP contribution >= 0.6 is 23.2 Å². The predicted octanol–water partition coefficient (Wildman–Crippen LogP) is 5.22. The molecule has 2 aromatic carbocycles. The normalized spacial score (nSPS) is 27.9. The van der Waals surface area contributed by atoms with Gasteiger partial charge in [-0.2, -0.15) is 0 Å². The van der Waals surface area contributed by atoms with Crippen molar-refractivity contribution in [3.63, 3.8) is 0 Å². The van der Waals surface area contributed by atoms with Gasteiger partial charge in [-0.15, -0.1) is 0 Å². The van der Waals surface area contributed by atoms with Gasteiger partial charge in [0.1, 0.15) is 5.78 Å². The highest BCUT2D eigenvalue weighted by molar-refractivity contribution is 6.31. The number of hydrogen-bond acceptors (Lipinski definition) is 2. The summed E-state index contributed by atoms with van der Waals surface area (Å²) in [7, 11) is 0. The maximum Gasteiger partial charge on any atom is 0.142 e. The van der Waals surface area contributed by atoms with Crippen LogP contribution in [0.25, 0.3) is 0 Å². The summed E-state index contributed by atoms with van der Waals surface area (Å²) in [4.78, 5) is 12.8. The molecule has 0 amide bonds. The quantitative estimate of drug-likeness (QED) is 0.806. The Balaban J connectivity index is 2.02. The van der Waals surface area contributed by atoms with Gasteiger partial charge in [-0.05, 0) is 23.3 Å². The maximum absolute atomic E-state index is 12.8. The fourth-order valence-corrected chi connectivity index (χ4v) is 3.90. The fraction of sp³-hybridized carbons (Fsp3) is 0.316. The highest BCUT2D eigenvalue weighted by atomic mass is 35.5. The molecule has 4 atom stereocenters. The van der Waals surface area contributed by atoms with E-state index in [1.807, 2.05) is 62.4 Å². The van der Waals surface area contributed by atoms with E-state index in [-0.39, 0.29) is 29.7 Å². The summed E-state index contributed by atoms with van der Waals surface area (Å²) in [5.74, 6) is -0.0362. The summed E-state index contributed by atoms with van der Waals surface area (Å²) in [6.07, 6.45) is 0. The molecule has 1 fully saturated rings. The molecule has 1 aliphatic rings. The third kappa shape index (κ3) is 3.03. The van der Waals surface area contributed by atoms with Crippen molar-refractivity contribution >= 4 is 29.0 Å². The van der Waals surface area contributed by atoms with Gasteiger partial charge >= 0.3 is 0 Å². The second-order valence-electron chi connectivity index (χ2n) is 6.14. The average Bonchev–Trinajstić information content (AvgIpc) is 2.55. The van der Waals surface area contributed by atoms with E-state index in [4.69, 9.17) is 23.2 Å². The Hall–Kier alpha value is -1.35. The molecule has 1 heterocycles. The van der Waals surface area contributed by atoms with Gasteiger partial charge in [-0.25, -0.2) is 0 Å². The second-order valence-corrected chi connectivity index (χ2v) is 6.96. The number of ketones is 1. The SMILES string of the molecule is C[C@@H]1C(=O)[C@H](C)[C@H](c2ccccc2Cl)N[C@H]1c1ccccc1Cl. The molecule has 2 aromatic rings. The number of carbonyl (C=O) groups excluding carboxylic acids is 1. The minimum absolute atomic E-state index is 0.117. The van der Waals surface area contributed by atoms with Gasteiger partial charge in [0.25, 0.3) is 0 Å². The standard InChI is InChI=1S/C19H19Cl2NO/c1-11-17(13-7-3-5-9-15(13)20)22-18(12(2)19(11)23)14-8-4-6-10-16(14)21/h3-12,17-18,22H,1-2H3/t11-,12+,17-,18-/m1/s1. The molecule has 0 aliphatic carbocycles. The van der Waals surface area contributed by atoms with Crippen LogP contribution in [0.4, 0.5) is 0 Å². The van der Waals surface area contributed by atoms with Gasteiger partial charge < -0.3 is 5.32 Å². The van der Waals surface area contributed by atoms with Crippen molar-refractivity contribution in [2.45, 2.75) is 25.9 Å². The van der Waals surface area contributed by atoms with Crippen LogP contribution in [0.2, 0.25) is 10.0 Å². The summed E-state index contributed by atoms with van der Waals surface area (Å²) < 4.78 is 0. The topological polar surface area (TPSA) is 29.1 Å². The van der Waals surface area contributed by atoms with Gasteiger partial charge in [-0.1, -0.05) is 73.4 Å². The summed E-state index contributed by atoms with van der Waals surface area (Å²) in [5.41, 5.74) is 1.91. The third-order valence-electron chi connectivity index (χ3n) is 4.74. The first-order chi connectivity index (χ1) is 11.0. The zero-order valence-corrected chi connectivity index (χ0v) is 14.6. The average molecular weight is 348 g/mol. The zero-order chi connectivity index (χ0) is 16.6. The first kappa shape index (κ1) is 16.5. The van der Waals surface area contributed by atoms with Crippen molar-refractivity contribution in [3.8, 4) is 0 Å². The van der Waals surface area contributed by atoms with Gasteiger partial charge in [0.05, 0.1) is 0 Å². The van der Waals surface area contributed by atoms with Gasteiger partial charge in [-0.3, -0.25) is 4.79 Å². The molecule has 4 heteroatoms. The van der Waals surface area contributed by atoms with Crippen LogP contribution in [0, 0.1) is 11.8 Å². The molecular formula is C19H19Cl2NO. The highest BCUT2D eigenvalue weighted by Crippen LogP contribution is 2.41. The summed E-state index contributed by atoms with van der Waals surface area (Å²) in [6.45, 7) is 3.92. The Morgan fingerprint density at radius 3 is 1.57 bits per heavy atom. The Morgan fingerprint density at radius 1 is 0.783 bits per heavy atom. The molecule has 0 radical (unpaired) electrons. The molecule has 120 valence electrons. The van der Waals surface area contributed by atoms with E-state index >= 15 is 0 Å². The van der Waals surface area contributed by atoms with Crippen LogP contribution in [0.15, 0.2) is 48.5 Å². The molecule has 1 aliphatic heterocycles. The van der Waals surface area contributed by atoms with Crippen LogP contribution in [-0.2, 0) is 4.79 Å². The second kappa shape index (κ2) is 6.64. The van der Waals surface area contributed by atoms with Crippen molar-refractivity contribution in [1.29, 1.82) is 0 Å². The number of hydrogen-bond donors (Lipinski definition) is 1. The molecule has 1 saturated heterocycles. The number of nitrogens with one attached hydrogen (secondary N) is 1. The number of Topliss-reactive ketones (excluding diaryl/α,β-unsaturated/α-hetero) is 1. The lowest BCUT2D eigenvalue weighted by Gasteiger charge is -2.40. The minimum atomic E-state index is -0.136. The molecular weight excluding hydrogens is 329 g/mol. The monoisotopic (exact) mass is 347 g/mol.